The Morgan fingerprint density at radius 2 is 1.97 bits per heavy atom. The number of piperazine rings is 1. The van der Waals surface area contributed by atoms with Crippen molar-refractivity contribution in [3.63, 3.8) is 0 Å². The molecule has 3 heterocycles. The summed E-state index contributed by atoms with van der Waals surface area (Å²) in [5.74, 6) is -0.602. The number of para-hydroxylation sites is 2. The monoisotopic (exact) mass is 465 g/mol. The maximum absolute atomic E-state index is 12.3. The molecular weight excluding hydrogens is 446 g/mol. The number of amides is 1. The van der Waals surface area contributed by atoms with Crippen LogP contribution in [-0.4, -0.2) is 65.2 Å². The topological polar surface area (TPSA) is 75.9 Å². The summed E-state index contributed by atoms with van der Waals surface area (Å²) < 4.78 is 11.5. The Hall–Kier alpha value is -2.07. The SMILES string of the molecule is O=C(CSc1nc2ccccc2o1)OCC(=O)N1CCN(Cc2ccc(Cl)s2)CC1. The van der Waals surface area contributed by atoms with Gasteiger partial charge >= 0.3 is 5.97 Å². The van der Waals surface area contributed by atoms with Crippen LogP contribution in [0.5, 0.6) is 0 Å². The van der Waals surface area contributed by atoms with Gasteiger partial charge in [0, 0.05) is 37.6 Å². The van der Waals surface area contributed by atoms with Gasteiger partial charge in [-0.3, -0.25) is 14.5 Å². The zero-order chi connectivity index (χ0) is 20.9. The van der Waals surface area contributed by atoms with E-state index >= 15 is 0 Å². The smallest absolute Gasteiger partial charge is 0.316 e. The number of fused-ring (bicyclic) bond motifs is 1. The van der Waals surface area contributed by atoms with Crippen molar-refractivity contribution in [1.29, 1.82) is 0 Å². The van der Waals surface area contributed by atoms with Gasteiger partial charge in [0.2, 0.25) is 0 Å². The molecule has 1 saturated heterocycles. The number of hydrogen-bond donors (Lipinski definition) is 0. The molecule has 0 radical (unpaired) electrons. The molecule has 158 valence electrons. The highest BCUT2D eigenvalue weighted by molar-refractivity contribution is 7.99. The fraction of sp³-hybridized carbons (Fsp3) is 0.350. The van der Waals surface area contributed by atoms with Gasteiger partial charge in [0.15, 0.2) is 12.2 Å². The molecule has 1 aliphatic rings. The number of esters is 1. The molecule has 0 unspecified atom stereocenters. The van der Waals surface area contributed by atoms with E-state index in [1.54, 1.807) is 16.2 Å². The van der Waals surface area contributed by atoms with Crippen molar-refractivity contribution in [2.24, 2.45) is 0 Å². The molecule has 3 aromatic rings. The molecule has 10 heteroatoms. The number of ether oxygens (including phenoxy) is 1. The molecule has 0 N–H and O–H groups in total. The number of oxazole rings is 1. The highest BCUT2D eigenvalue weighted by Crippen LogP contribution is 2.24. The van der Waals surface area contributed by atoms with Crippen molar-refractivity contribution < 1.29 is 18.7 Å². The number of rotatable bonds is 7. The second-order valence-electron chi connectivity index (χ2n) is 6.76. The van der Waals surface area contributed by atoms with Crippen LogP contribution >= 0.6 is 34.7 Å². The van der Waals surface area contributed by atoms with Gasteiger partial charge < -0.3 is 14.1 Å². The first-order valence-electron chi connectivity index (χ1n) is 9.45. The van der Waals surface area contributed by atoms with Crippen molar-refractivity contribution >= 4 is 57.7 Å². The van der Waals surface area contributed by atoms with Crippen molar-refractivity contribution in [2.75, 3.05) is 38.5 Å². The van der Waals surface area contributed by atoms with Crippen LogP contribution in [0.1, 0.15) is 4.88 Å². The number of aromatic nitrogens is 1. The van der Waals surface area contributed by atoms with E-state index in [1.165, 1.54) is 4.88 Å². The molecule has 1 aliphatic heterocycles. The molecule has 0 spiro atoms. The quantitative estimate of drug-likeness (QED) is 0.390. The number of hydrogen-bond acceptors (Lipinski definition) is 8. The summed E-state index contributed by atoms with van der Waals surface area (Å²) >= 11 is 8.70. The Bertz CT molecular complexity index is 997. The van der Waals surface area contributed by atoms with Gasteiger partial charge in [0.05, 0.1) is 4.34 Å². The number of halogens is 1. The molecule has 0 aliphatic carbocycles. The van der Waals surface area contributed by atoms with E-state index in [0.29, 0.717) is 23.9 Å². The van der Waals surface area contributed by atoms with Crippen molar-refractivity contribution in [2.45, 2.75) is 11.8 Å². The minimum Gasteiger partial charge on any atom is -0.455 e. The normalized spacial score (nSPS) is 14.9. The average Bonchev–Trinajstić information content (AvgIpc) is 3.36. The molecule has 1 amide bonds. The predicted octanol–water partition coefficient (Wildman–Crippen LogP) is 3.52. The summed E-state index contributed by atoms with van der Waals surface area (Å²) in [6.07, 6.45) is 0. The first kappa shape index (κ1) is 21.2. The molecule has 4 rings (SSSR count). The fourth-order valence-electron chi connectivity index (χ4n) is 3.12. The third-order valence-corrected chi connectivity index (χ3v) is 6.70. The van der Waals surface area contributed by atoms with E-state index < -0.39 is 5.97 Å². The lowest BCUT2D eigenvalue weighted by Crippen LogP contribution is -2.49. The lowest BCUT2D eigenvalue weighted by molar-refractivity contribution is -0.150. The van der Waals surface area contributed by atoms with E-state index in [4.69, 9.17) is 20.8 Å². The van der Waals surface area contributed by atoms with E-state index in [9.17, 15) is 9.59 Å². The number of carbonyl (C=O) groups is 2. The molecule has 1 fully saturated rings. The Labute approximate surface area is 186 Å². The number of benzene rings is 1. The highest BCUT2D eigenvalue weighted by Gasteiger charge is 2.22. The van der Waals surface area contributed by atoms with Crippen LogP contribution in [0.25, 0.3) is 11.1 Å². The van der Waals surface area contributed by atoms with Crippen molar-refractivity contribution in [1.82, 2.24) is 14.8 Å². The van der Waals surface area contributed by atoms with Crippen molar-refractivity contribution in [3.8, 4) is 0 Å². The molecule has 0 saturated carbocycles. The van der Waals surface area contributed by atoms with Crippen LogP contribution in [0, 0.1) is 0 Å². The molecule has 1 aromatic carbocycles. The fourth-order valence-corrected chi connectivity index (χ4v) is 4.89. The summed E-state index contributed by atoms with van der Waals surface area (Å²) in [5.41, 5.74) is 1.41. The van der Waals surface area contributed by atoms with E-state index in [0.717, 1.165) is 41.2 Å². The Morgan fingerprint density at radius 3 is 2.70 bits per heavy atom. The van der Waals surface area contributed by atoms with E-state index in [-0.39, 0.29) is 18.3 Å². The number of thioether (sulfide) groups is 1. The Balaban J connectivity index is 1.16. The van der Waals surface area contributed by atoms with Gasteiger partial charge in [-0.25, -0.2) is 4.98 Å². The maximum atomic E-state index is 12.3. The van der Waals surface area contributed by atoms with Crippen LogP contribution in [0.2, 0.25) is 4.34 Å². The third kappa shape index (κ3) is 5.54. The second-order valence-corrected chi connectivity index (χ2v) is 9.49. The average molecular weight is 466 g/mol. The zero-order valence-electron chi connectivity index (χ0n) is 16.1. The van der Waals surface area contributed by atoms with Gasteiger partial charge in [0.1, 0.15) is 11.3 Å². The number of nitrogens with zero attached hydrogens (tertiary/aromatic N) is 3. The lowest BCUT2D eigenvalue weighted by Gasteiger charge is -2.34. The Kier molecular flexibility index (Phi) is 6.93. The van der Waals surface area contributed by atoms with Crippen LogP contribution in [0.4, 0.5) is 0 Å². The molecular formula is C20H20ClN3O4S2. The summed E-state index contributed by atoms with van der Waals surface area (Å²) in [6, 6.07) is 11.3. The summed E-state index contributed by atoms with van der Waals surface area (Å²) in [5, 5.41) is 0.405. The van der Waals surface area contributed by atoms with Crippen LogP contribution in [0.15, 0.2) is 46.0 Å². The van der Waals surface area contributed by atoms with E-state index in [1.807, 2.05) is 36.4 Å². The third-order valence-electron chi connectivity index (χ3n) is 4.68. The Morgan fingerprint density at radius 1 is 1.17 bits per heavy atom. The van der Waals surface area contributed by atoms with Gasteiger partial charge in [-0.05, 0) is 24.3 Å². The number of thiophene rings is 1. The van der Waals surface area contributed by atoms with E-state index in [2.05, 4.69) is 9.88 Å². The summed E-state index contributed by atoms with van der Waals surface area (Å²) in [7, 11) is 0. The highest BCUT2D eigenvalue weighted by atomic mass is 35.5. The van der Waals surface area contributed by atoms with Crippen LogP contribution in [-0.2, 0) is 20.9 Å². The summed E-state index contributed by atoms with van der Waals surface area (Å²) in [4.78, 5) is 33.8. The first-order chi connectivity index (χ1) is 14.6. The van der Waals surface area contributed by atoms with Gasteiger partial charge in [-0.15, -0.1) is 11.3 Å². The molecule has 0 atom stereocenters. The van der Waals surface area contributed by atoms with Crippen LogP contribution in [0.3, 0.4) is 0 Å². The summed E-state index contributed by atoms with van der Waals surface area (Å²) in [6.45, 7) is 3.39. The molecule has 7 nitrogen and oxygen atoms in total. The predicted molar refractivity (Wildman–Crippen MR) is 117 cm³/mol. The van der Waals surface area contributed by atoms with Crippen LogP contribution < -0.4 is 0 Å². The number of carbonyl (C=O) groups excluding carboxylic acids is 2. The first-order valence-corrected chi connectivity index (χ1v) is 11.6. The second kappa shape index (κ2) is 9.82. The standard InChI is InChI=1S/C20H20ClN3O4S2/c21-17-6-5-14(30-17)11-23-7-9-24(10-8-23)18(25)12-27-19(26)13-29-20-22-15-3-1-2-4-16(15)28-20/h1-6H,7-13H2. The van der Waals surface area contributed by atoms with Crippen molar-refractivity contribution in [3.05, 3.63) is 45.6 Å². The van der Waals surface area contributed by atoms with Gasteiger partial charge in [-0.2, -0.15) is 0 Å². The molecule has 30 heavy (non-hydrogen) atoms. The zero-order valence-corrected chi connectivity index (χ0v) is 18.5. The lowest BCUT2D eigenvalue weighted by atomic mass is 10.3. The van der Waals surface area contributed by atoms with Gasteiger partial charge in [-0.1, -0.05) is 35.5 Å². The minimum atomic E-state index is -0.469. The molecule has 0 bridgehead atoms. The molecule has 2 aromatic heterocycles. The van der Waals surface area contributed by atoms with Gasteiger partial charge in [0.25, 0.3) is 11.1 Å². The maximum Gasteiger partial charge on any atom is 0.316 e. The minimum absolute atomic E-state index is 0.0389. The largest absolute Gasteiger partial charge is 0.455 e.